The van der Waals surface area contributed by atoms with Gasteiger partial charge in [0.15, 0.2) is 31.3 Å². The van der Waals surface area contributed by atoms with Crippen molar-refractivity contribution < 1.29 is 119 Å². The third-order valence-electron chi connectivity index (χ3n) is 13.2. The number of aliphatic hydroxyl groups is 14. The number of hydrogen-bond donors (Lipinski definition) is 14. The Labute approximate surface area is 394 Å². The van der Waals surface area contributed by atoms with Crippen molar-refractivity contribution in [3.05, 3.63) is 23.5 Å². The lowest BCUT2D eigenvalue weighted by molar-refractivity contribution is -0.385. The second-order valence-corrected chi connectivity index (χ2v) is 18.8. The molecule has 0 spiro atoms. The standard InChI is InChI=1S/C44H76O24/c1-17(9-7-11-18(2)15-59-43-38(33(55)28(50)23(13-45)64-43)67-41-35(57)31(53)26(48)21(5)62-41)10-8-12-19(3)16-60-44-39(68-42-36(58)32(54)27(49)22(6)63-42)37(29(51)24(14-46)65-44)66-40-34(56)30(52)25(47)20(4)61-40/h10,16,18,20-58H,7-9,11-15H2,1-6H3/b17-10+,19-16+/t18-,20+,21+,22+,23-,24-,25+,26+,27+,28-,29-,30-,31-,32-,33+,34-,35-,36-,37+,38-,39-,40+,41+,42+,43-,44-/m1/s1. The number of hydrogen-bond acceptors (Lipinski definition) is 24. The van der Waals surface area contributed by atoms with E-state index in [1.54, 1.807) is 6.92 Å². The van der Waals surface area contributed by atoms with Gasteiger partial charge in [-0.3, -0.25) is 0 Å². The molecule has 0 saturated carbocycles. The molecule has 24 nitrogen and oxygen atoms in total. The van der Waals surface area contributed by atoms with Crippen molar-refractivity contribution in [1.29, 1.82) is 0 Å². The van der Waals surface area contributed by atoms with Crippen LogP contribution in [0.5, 0.6) is 0 Å². The smallest absolute Gasteiger partial charge is 0.228 e. The summed E-state index contributed by atoms with van der Waals surface area (Å²) in [6, 6.07) is 0. The van der Waals surface area contributed by atoms with Gasteiger partial charge in [-0.15, -0.1) is 0 Å². The van der Waals surface area contributed by atoms with Crippen LogP contribution in [0.15, 0.2) is 23.5 Å². The summed E-state index contributed by atoms with van der Waals surface area (Å²) in [6.07, 6.45) is -30.2. The molecule has 5 saturated heterocycles. The Morgan fingerprint density at radius 1 is 0.485 bits per heavy atom. The Kier molecular flexibility index (Phi) is 21.8. The summed E-state index contributed by atoms with van der Waals surface area (Å²) in [4.78, 5) is 0. The highest BCUT2D eigenvalue weighted by Gasteiger charge is 2.55. The molecular weight excluding hydrogens is 912 g/mol. The molecule has 14 N–H and O–H groups in total. The molecule has 0 aromatic rings. The first-order valence-corrected chi connectivity index (χ1v) is 23.3. The van der Waals surface area contributed by atoms with E-state index >= 15 is 0 Å². The van der Waals surface area contributed by atoms with Crippen molar-refractivity contribution in [3.8, 4) is 0 Å². The molecule has 0 aliphatic carbocycles. The fourth-order valence-corrected chi connectivity index (χ4v) is 8.59. The van der Waals surface area contributed by atoms with E-state index in [0.29, 0.717) is 19.3 Å². The zero-order chi connectivity index (χ0) is 50.3. The topological polar surface area (TPSA) is 376 Å². The quantitative estimate of drug-likeness (QED) is 0.0405. The van der Waals surface area contributed by atoms with E-state index in [2.05, 4.69) is 6.08 Å². The number of aliphatic hydroxyl groups excluding tert-OH is 14. The van der Waals surface area contributed by atoms with E-state index in [1.165, 1.54) is 27.0 Å². The van der Waals surface area contributed by atoms with Gasteiger partial charge in [0.05, 0.1) is 44.4 Å². The maximum atomic E-state index is 11.3. The monoisotopic (exact) mass is 988 g/mol. The fourth-order valence-electron chi connectivity index (χ4n) is 8.59. The van der Waals surface area contributed by atoms with E-state index in [-0.39, 0.29) is 12.5 Å². The van der Waals surface area contributed by atoms with E-state index in [4.69, 9.17) is 47.4 Å². The number of ether oxygens (including phenoxy) is 10. The average molecular weight is 989 g/mol. The lowest BCUT2D eigenvalue weighted by Crippen LogP contribution is -2.66. The van der Waals surface area contributed by atoms with Crippen molar-refractivity contribution in [3.63, 3.8) is 0 Å². The van der Waals surface area contributed by atoms with E-state index in [0.717, 1.165) is 24.0 Å². The van der Waals surface area contributed by atoms with Crippen molar-refractivity contribution >= 4 is 0 Å². The molecule has 5 aliphatic rings. The van der Waals surface area contributed by atoms with Gasteiger partial charge in [0.2, 0.25) is 6.29 Å². The van der Waals surface area contributed by atoms with Crippen LogP contribution in [-0.2, 0) is 47.4 Å². The highest BCUT2D eigenvalue weighted by molar-refractivity contribution is 5.03. The summed E-state index contributed by atoms with van der Waals surface area (Å²) >= 11 is 0. The van der Waals surface area contributed by atoms with E-state index < -0.39 is 167 Å². The molecule has 0 radical (unpaired) electrons. The predicted octanol–water partition coefficient (Wildman–Crippen LogP) is -4.39. The Hall–Kier alpha value is -1.64. The first-order valence-electron chi connectivity index (χ1n) is 23.3. The second kappa shape index (κ2) is 25.8. The molecule has 24 heteroatoms. The molecule has 0 amide bonds. The summed E-state index contributed by atoms with van der Waals surface area (Å²) in [5.41, 5.74) is 1.83. The van der Waals surface area contributed by atoms with E-state index in [9.17, 15) is 71.5 Å². The van der Waals surface area contributed by atoms with Gasteiger partial charge in [0.1, 0.15) is 97.7 Å². The molecule has 5 aliphatic heterocycles. The lowest BCUT2D eigenvalue weighted by Gasteiger charge is -2.48. The summed E-state index contributed by atoms with van der Waals surface area (Å²) in [7, 11) is 0. The van der Waals surface area contributed by atoms with Gasteiger partial charge >= 0.3 is 0 Å². The summed E-state index contributed by atoms with van der Waals surface area (Å²) < 4.78 is 58.2. The van der Waals surface area contributed by atoms with Crippen LogP contribution in [-0.4, -0.2) is 245 Å². The molecule has 0 bridgehead atoms. The van der Waals surface area contributed by atoms with Gasteiger partial charge in [-0.05, 0) is 78.2 Å². The molecule has 0 unspecified atom stereocenters. The molecule has 0 aromatic heterocycles. The molecule has 396 valence electrons. The maximum absolute atomic E-state index is 11.3. The zero-order valence-electron chi connectivity index (χ0n) is 39.2. The van der Waals surface area contributed by atoms with Gasteiger partial charge in [0, 0.05) is 0 Å². The summed E-state index contributed by atoms with van der Waals surface area (Å²) in [5, 5.41) is 146. The molecule has 5 rings (SSSR count). The molecular formula is C44H76O24. The first kappa shape index (κ1) is 57.3. The molecule has 5 heterocycles. The minimum atomic E-state index is -1.79. The normalized spacial score (nSPS) is 46.9. The Morgan fingerprint density at radius 2 is 0.941 bits per heavy atom. The second-order valence-electron chi connectivity index (χ2n) is 18.8. The van der Waals surface area contributed by atoms with Crippen LogP contribution < -0.4 is 0 Å². The lowest BCUT2D eigenvalue weighted by atomic mass is 9.96. The summed E-state index contributed by atoms with van der Waals surface area (Å²) in [6.45, 7) is 8.83. The Balaban J connectivity index is 1.15. The van der Waals surface area contributed by atoms with Crippen LogP contribution in [0.25, 0.3) is 0 Å². The minimum Gasteiger partial charge on any atom is -0.470 e. The van der Waals surface area contributed by atoms with Gasteiger partial charge in [-0.1, -0.05) is 18.6 Å². The average Bonchev–Trinajstić information content (AvgIpc) is 3.31. The van der Waals surface area contributed by atoms with Crippen molar-refractivity contribution in [2.45, 2.75) is 227 Å². The third-order valence-corrected chi connectivity index (χ3v) is 13.2. The minimum absolute atomic E-state index is 0.0258. The Bertz CT molecular complexity index is 1580. The fraction of sp³-hybridized carbons (Fsp3) is 0.909. The van der Waals surface area contributed by atoms with Crippen molar-refractivity contribution in [1.82, 2.24) is 0 Å². The number of rotatable bonds is 20. The van der Waals surface area contributed by atoms with Crippen LogP contribution in [0.3, 0.4) is 0 Å². The molecule has 68 heavy (non-hydrogen) atoms. The van der Waals surface area contributed by atoms with Crippen molar-refractivity contribution in [2.75, 3.05) is 19.8 Å². The Morgan fingerprint density at radius 3 is 1.44 bits per heavy atom. The zero-order valence-corrected chi connectivity index (χ0v) is 39.2. The molecule has 5 fully saturated rings. The SMILES string of the molecule is C/C(=C\O[C@@H]1O[C@H](CO)[C@@H](O)[C@H](O[C@@H]2O[C@@H](C)[C@H](O)[C@@H](O)[C@H]2O)[C@H]1O[C@@H]1O[C@@H](C)[C@H](O)[C@@H](O)[C@H]1O)CC/C=C(\C)CCC[C@@H](C)CO[C@@H]1O[C@H](CO)[C@@H](O)[C@H](O)[C@H]1O[C@@H]1O[C@@H](C)[C@H](O)[C@@H](O)[C@H]1O. The van der Waals surface area contributed by atoms with Crippen molar-refractivity contribution in [2.24, 2.45) is 5.92 Å². The largest absolute Gasteiger partial charge is 0.470 e. The van der Waals surface area contributed by atoms with Gasteiger partial charge in [-0.25, -0.2) is 0 Å². The third kappa shape index (κ3) is 13.9. The molecule has 0 aromatic carbocycles. The maximum Gasteiger partial charge on any atom is 0.228 e. The molecule has 26 atom stereocenters. The van der Waals surface area contributed by atoms with Crippen LogP contribution in [0.4, 0.5) is 0 Å². The highest BCUT2D eigenvalue weighted by atomic mass is 16.8. The first-order chi connectivity index (χ1) is 32.1. The van der Waals surface area contributed by atoms with Crippen LogP contribution in [0.2, 0.25) is 0 Å². The van der Waals surface area contributed by atoms with E-state index in [1.807, 2.05) is 13.8 Å². The van der Waals surface area contributed by atoms with Gasteiger partial charge in [-0.2, -0.15) is 0 Å². The predicted molar refractivity (Wildman–Crippen MR) is 228 cm³/mol. The van der Waals surface area contributed by atoms with Crippen LogP contribution in [0.1, 0.15) is 73.6 Å². The van der Waals surface area contributed by atoms with Gasteiger partial charge in [0.25, 0.3) is 0 Å². The van der Waals surface area contributed by atoms with Crippen LogP contribution in [0, 0.1) is 5.92 Å². The van der Waals surface area contributed by atoms with Crippen LogP contribution >= 0.6 is 0 Å². The highest BCUT2D eigenvalue weighted by Crippen LogP contribution is 2.35. The summed E-state index contributed by atoms with van der Waals surface area (Å²) in [5.74, 6) is -0.0258. The van der Waals surface area contributed by atoms with Gasteiger partial charge < -0.3 is 119 Å². The number of allylic oxidation sites excluding steroid dienone is 3.